The number of hydrogen-bond acceptors (Lipinski definition) is 5. The number of likely N-dealkylation sites (tertiary alicyclic amines) is 1. The number of pyridine rings is 2. The molecule has 0 aliphatic carbocycles. The number of fused-ring (bicyclic) bond motifs is 1. The van der Waals surface area contributed by atoms with Gasteiger partial charge in [0.25, 0.3) is 5.91 Å². The highest BCUT2D eigenvalue weighted by molar-refractivity contribution is 5.92. The predicted molar refractivity (Wildman–Crippen MR) is 90.8 cm³/mol. The molecule has 6 nitrogen and oxygen atoms in total. The van der Waals surface area contributed by atoms with E-state index >= 15 is 0 Å². The number of carbonyl (C=O) groups excluding carboxylic acids is 1. The Kier molecular flexibility index (Phi) is 4.72. The Balaban J connectivity index is 1.48. The average molecular weight is 339 g/mol. The first-order chi connectivity index (χ1) is 12.3. The van der Waals surface area contributed by atoms with Crippen LogP contribution >= 0.6 is 0 Å². The van der Waals surface area contributed by atoms with E-state index in [0.29, 0.717) is 18.8 Å². The molecule has 4 rings (SSSR count). The molecule has 130 valence electrons. The van der Waals surface area contributed by atoms with Crippen LogP contribution in [-0.2, 0) is 16.1 Å². The van der Waals surface area contributed by atoms with Gasteiger partial charge in [0.1, 0.15) is 17.9 Å². The van der Waals surface area contributed by atoms with E-state index in [4.69, 9.17) is 9.47 Å². The highest BCUT2D eigenvalue weighted by atomic mass is 16.5. The Bertz CT molecular complexity index is 710. The molecule has 2 aliphatic rings. The van der Waals surface area contributed by atoms with Gasteiger partial charge in [0.05, 0.1) is 19.2 Å². The Labute approximate surface area is 146 Å². The third-order valence-electron chi connectivity index (χ3n) is 4.84. The van der Waals surface area contributed by atoms with Gasteiger partial charge in [-0.2, -0.15) is 0 Å². The summed E-state index contributed by atoms with van der Waals surface area (Å²) in [6, 6.07) is 9.34. The summed E-state index contributed by atoms with van der Waals surface area (Å²) in [7, 11) is 0. The Morgan fingerprint density at radius 3 is 2.92 bits per heavy atom. The maximum Gasteiger partial charge on any atom is 0.272 e. The van der Waals surface area contributed by atoms with Crippen LogP contribution in [0.25, 0.3) is 0 Å². The van der Waals surface area contributed by atoms with Crippen LogP contribution in [0.3, 0.4) is 0 Å². The van der Waals surface area contributed by atoms with E-state index in [1.54, 1.807) is 24.7 Å². The van der Waals surface area contributed by atoms with E-state index in [-0.39, 0.29) is 24.2 Å². The number of rotatable bonds is 4. The SMILES string of the molecule is O=C(c1ccccn1)N1C[C@@H](OCc2ccncc2)[C@H]2OCCC[C@H]21. The summed E-state index contributed by atoms with van der Waals surface area (Å²) in [4.78, 5) is 23.0. The van der Waals surface area contributed by atoms with Gasteiger partial charge in [0.15, 0.2) is 0 Å². The van der Waals surface area contributed by atoms with Crippen LogP contribution in [0, 0.1) is 0 Å². The highest BCUT2D eigenvalue weighted by Gasteiger charge is 2.47. The summed E-state index contributed by atoms with van der Waals surface area (Å²) in [5.74, 6) is -0.0453. The van der Waals surface area contributed by atoms with Crippen molar-refractivity contribution in [2.45, 2.75) is 37.7 Å². The lowest BCUT2D eigenvalue weighted by Crippen LogP contribution is -2.44. The molecule has 25 heavy (non-hydrogen) atoms. The van der Waals surface area contributed by atoms with Crippen molar-refractivity contribution in [3.05, 3.63) is 60.2 Å². The Hall–Kier alpha value is -2.31. The van der Waals surface area contributed by atoms with Crippen LogP contribution in [0.1, 0.15) is 28.9 Å². The standard InChI is InChI=1S/C19H21N3O3/c23-19(15-4-1-2-8-21-15)22-12-17(18-16(22)5-3-11-24-18)25-13-14-6-9-20-10-7-14/h1-2,4,6-10,16-18H,3,5,11-13H2/t16-,17-,18+/m1/s1. The van der Waals surface area contributed by atoms with Crippen LogP contribution in [0.5, 0.6) is 0 Å². The Morgan fingerprint density at radius 1 is 1.24 bits per heavy atom. The van der Waals surface area contributed by atoms with Crippen LogP contribution < -0.4 is 0 Å². The minimum absolute atomic E-state index is 0.0453. The topological polar surface area (TPSA) is 64.6 Å². The first-order valence-electron chi connectivity index (χ1n) is 8.67. The van der Waals surface area contributed by atoms with Gasteiger partial charge in [-0.25, -0.2) is 0 Å². The van der Waals surface area contributed by atoms with Crippen molar-refractivity contribution < 1.29 is 14.3 Å². The zero-order valence-corrected chi connectivity index (χ0v) is 14.0. The molecule has 3 atom stereocenters. The molecule has 0 aromatic carbocycles. The van der Waals surface area contributed by atoms with Crippen molar-refractivity contribution in [3.63, 3.8) is 0 Å². The first kappa shape index (κ1) is 16.2. The molecule has 1 amide bonds. The molecule has 2 aromatic rings. The number of nitrogens with zero attached hydrogens (tertiary/aromatic N) is 3. The molecular formula is C19H21N3O3. The largest absolute Gasteiger partial charge is 0.373 e. The molecule has 2 fully saturated rings. The monoisotopic (exact) mass is 339 g/mol. The fourth-order valence-corrected chi connectivity index (χ4v) is 3.61. The smallest absolute Gasteiger partial charge is 0.272 e. The minimum Gasteiger partial charge on any atom is -0.373 e. The van der Waals surface area contributed by atoms with Gasteiger partial charge in [-0.1, -0.05) is 6.07 Å². The lowest BCUT2D eigenvalue weighted by molar-refractivity contribution is -0.0809. The van der Waals surface area contributed by atoms with Crippen LogP contribution in [-0.4, -0.2) is 52.2 Å². The molecule has 0 saturated carbocycles. The quantitative estimate of drug-likeness (QED) is 0.853. The average Bonchev–Trinajstić information content (AvgIpc) is 3.06. The van der Waals surface area contributed by atoms with E-state index in [1.165, 1.54) is 0 Å². The number of carbonyl (C=O) groups is 1. The molecule has 0 spiro atoms. The molecule has 0 bridgehead atoms. The fraction of sp³-hybridized carbons (Fsp3) is 0.421. The fourth-order valence-electron chi connectivity index (χ4n) is 3.61. The molecule has 0 radical (unpaired) electrons. The van der Waals surface area contributed by atoms with Crippen molar-refractivity contribution in [1.82, 2.24) is 14.9 Å². The lowest BCUT2D eigenvalue weighted by Gasteiger charge is -2.32. The number of ether oxygens (including phenoxy) is 2. The normalized spacial score (nSPS) is 25.6. The maximum atomic E-state index is 12.9. The van der Waals surface area contributed by atoms with Gasteiger partial charge >= 0.3 is 0 Å². The number of hydrogen-bond donors (Lipinski definition) is 0. The zero-order valence-electron chi connectivity index (χ0n) is 14.0. The number of amides is 1. The van der Waals surface area contributed by atoms with Crippen LogP contribution in [0.2, 0.25) is 0 Å². The molecule has 4 heterocycles. The third-order valence-corrected chi connectivity index (χ3v) is 4.84. The molecule has 2 aliphatic heterocycles. The molecule has 0 unspecified atom stereocenters. The summed E-state index contributed by atoms with van der Waals surface area (Å²) < 4.78 is 12.1. The minimum atomic E-state index is -0.119. The molecule has 6 heteroatoms. The molecule has 0 N–H and O–H groups in total. The Morgan fingerprint density at radius 2 is 2.12 bits per heavy atom. The van der Waals surface area contributed by atoms with Gasteiger partial charge in [-0.05, 0) is 42.7 Å². The first-order valence-corrected chi connectivity index (χ1v) is 8.67. The van der Waals surface area contributed by atoms with Crippen LogP contribution in [0.15, 0.2) is 48.9 Å². The van der Waals surface area contributed by atoms with E-state index in [9.17, 15) is 4.79 Å². The second-order valence-corrected chi connectivity index (χ2v) is 6.42. The van der Waals surface area contributed by atoms with Gasteiger partial charge in [-0.3, -0.25) is 14.8 Å². The summed E-state index contributed by atoms with van der Waals surface area (Å²) in [5, 5.41) is 0. The van der Waals surface area contributed by atoms with E-state index in [2.05, 4.69) is 9.97 Å². The molecule has 2 aromatic heterocycles. The van der Waals surface area contributed by atoms with Crippen molar-refractivity contribution >= 4 is 5.91 Å². The van der Waals surface area contributed by atoms with Crippen molar-refractivity contribution in [1.29, 1.82) is 0 Å². The van der Waals surface area contributed by atoms with E-state index in [0.717, 1.165) is 25.0 Å². The summed E-state index contributed by atoms with van der Waals surface area (Å²) in [6.45, 7) is 1.75. The lowest BCUT2D eigenvalue weighted by atomic mass is 10.0. The summed E-state index contributed by atoms with van der Waals surface area (Å²) in [5.41, 5.74) is 1.54. The maximum absolute atomic E-state index is 12.9. The van der Waals surface area contributed by atoms with Gasteiger partial charge in [0.2, 0.25) is 0 Å². The van der Waals surface area contributed by atoms with E-state index < -0.39 is 0 Å². The van der Waals surface area contributed by atoms with Crippen molar-refractivity contribution in [3.8, 4) is 0 Å². The second kappa shape index (κ2) is 7.29. The summed E-state index contributed by atoms with van der Waals surface area (Å²) >= 11 is 0. The van der Waals surface area contributed by atoms with Gasteiger partial charge in [-0.15, -0.1) is 0 Å². The van der Waals surface area contributed by atoms with E-state index in [1.807, 2.05) is 29.2 Å². The van der Waals surface area contributed by atoms with Crippen molar-refractivity contribution in [2.24, 2.45) is 0 Å². The van der Waals surface area contributed by atoms with Gasteiger partial charge < -0.3 is 14.4 Å². The molecule has 2 saturated heterocycles. The number of aromatic nitrogens is 2. The predicted octanol–water partition coefficient (Wildman–Crippen LogP) is 2.07. The highest BCUT2D eigenvalue weighted by Crippen LogP contribution is 2.32. The van der Waals surface area contributed by atoms with Gasteiger partial charge in [0, 0.05) is 25.2 Å². The zero-order chi connectivity index (χ0) is 17.1. The van der Waals surface area contributed by atoms with Crippen molar-refractivity contribution in [2.75, 3.05) is 13.2 Å². The van der Waals surface area contributed by atoms with Crippen LogP contribution in [0.4, 0.5) is 0 Å². The summed E-state index contributed by atoms with van der Waals surface area (Å²) in [6.07, 6.45) is 6.88. The third kappa shape index (κ3) is 3.41. The molecular weight excluding hydrogens is 318 g/mol. The second-order valence-electron chi connectivity index (χ2n) is 6.42.